The summed E-state index contributed by atoms with van der Waals surface area (Å²) in [6.45, 7) is 6.05. The van der Waals surface area contributed by atoms with Gasteiger partial charge in [0, 0.05) is 13.5 Å². The van der Waals surface area contributed by atoms with E-state index in [1.165, 1.54) is 5.56 Å². The quantitative estimate of drug-likeness (QED) is 0.905. The van der Waals surface area contributed by atoms with Crippen molar-refractivity contribution in [3.63, 3.8) is 0 Å². The Bertz CT molecular complexity index is 582. The summed E-state index contributed by atoms with van der Waals surface area (Å²) in [6.07, 6.45) is 2.09. The summed E-state index contributed by atoms with van der Waals surface area (Å²) in [4.78, 5) is 24.5. The molecule has 0 spiro atoms. The summed E-state index contributed by atoms with van der Waals surface area (Å²) < 4.78 is 5.44. The maximum Gasteiger partial charge on any atom is 0.307 e. The molecular formula is C19H26O4. The van der Waals surface area contributed by atoms with Crippen molar-refractivity contribution in [2.24, 2.45) is 11.8 Å². The minimum atomic E-state index is -0.887. The van der Waals surface area contributed by atoms with Crippen LogP contribution in [0.25, 0.3) is 0 Å². The molecular weight excluding hydrogens is 292 g/mol. The van der Waals surface area contributed by atoms with Gasteiger partial charge in [0.05, 0.1) is 17.9 Å². The topological polar surface area (TPSA) is 63.6 Å². The van der Waals surface area contributed by atoms with Gasteiger partial charge < -0.3 is 9.84 Å². The third-order valence-electron chi connectivity index (χ3n) is 5.02. The van der Waals surface area contributed by atoms with Gasteiger partial charge >= 0.3 is 5.97 Å². The number of Topliss-reactive ketones (excluding diaryl/α,β-unsaturated/α-hetero) is 1. The lowest BCUT2D eigenvalue weighted by Crippen LogP contribution is -2.43. The van der Waals surface area contributed by atoms with Gasteiger partial charge in [0.25, 0.3) is 0 Å². The van der Waals surface area contributed by atoms with Crippen LogP contribution in [-0.4, -0.2) is 30.1 Å². The minimum absolute atomic E-state index is 0.0148. The van der Waals surface area contributed by atoms with Gasteiger partial charge in [0.2, 0.25) is 0 Å². The Labute approximate surface area is 137 Å². The number of aliphatic carboxylic acids is 1. The number of ether oxygens (including phenoxy) is 1. The Hall–Kier alpha value is -1.68. The molecule has 0 bridgehead atoms. The molecule has 1 aromatic rings. The summed E-state index contributed by atoms with van der Waals surface area (Å²) >= 11 is 0. The van der Waals surface area contributed by atoms with E-state index in [1.54, 1.807) is 7.11 Å². The van der Waals surface area contributed by atoms with Crippen molar-refractivity contribution in [3.05, 3.63) is 34.4 Å². The van der Waals surface area contributed by atoms with Crippen molar-refractivity contribution < 1.29 is 19.4 Å². The van der Waals surface area contributed by atoms with E-state index in [0.717, 1.165) is 29.5 Å². The molecule has 1 aromatic carbocycles. The number of aryl methyl sites for hydroxylation is 3. The lowest BCUT2D eigenvalue weighted by atomic mass is 9.73. The van der Waals surface area contributed by atoms with Gasteiger partial charge in [-0.15, -0.1) is 0 Å². The summed E-state index contributed by atoms with van der Waals surface area (Å²) in [6, 6.07) is 4.14. The Balaban J connectivity index is 2.28. The van der Waals surface area contributed by atoms with Crippen LogP contribution in [0.4, 0.5) is 0 Å². The fraction of sp³-hybridized carbons (Fsp3) is 0.579. The maximum absolute atomic E-state index is 12.9. The molecule has 23 heavy (non-hydrogen) atoms. The molecule has 0 heterocycles. The van der Waals surface area contributed by atoms with Crippen LogP contribution in [0.15, 0.2) is 12.1 Å². The van der Waals surface area contributed by atoms with Crippen LogP contribution in [-0.2, 0) is 20.7 Å². The number of ketones is 1. The first-order chi connectivity index (χ1) is 10.8. The predicted octanol–water partition coefficient (Wildman–Crippen LogP) is 3.24. The third kappa shape index (κ3) is 3.81. The number of carbonyl (C=O) groups excluding carboxylic acids is 1. The number of carbonyl (C=O) groups is 2. The first-order valence-electron chi connectivity index (χ1n) is 8.20. The third-order valence-corrected chi connectivity index (χ3v) is 5.02. The highest BCUT2D eigenvalue weighted by Gasteiger charge is 2.42. The molecule has 0 aromatic heterocycles. The van der Waals surface area contributed by atoms with Gasteiger partial charge in [-0.25, -0.2) is 0 Å². The zero-order valence-corrected chi connectivity index (χ0v) is 14.4. The largest absolute Gasteiger partial charge is 0.481 e. The SMILES string of the molecule is COC1CCCC(C(=O)O)C1C(=O)Cc1c(C)cc(C)cc1C. The van der Waals surface area contributed by atoms with Crippen LogP contribution in [0.5, 0.6) is 0 Å². The second-order valence-electron chi connectivity index (χ2n) is 6.70. The molecule has 4 heteroatoms. The van der Waals surface area contributed by atoms with Gasteiger partial charge in [0.15, 0.2) is 0 Å². The van der Waals surface area contributed by atoms with E-state index in [1.807, 2.05) is 20.8 Å². The smallest absolute Gasteiger partial charge is 0.307 e. The fourth-order valence-corrected chi connectivity index (χ4v) is 3.91. The van der Waals surface area contributed by atoms with E-state index in [9.17, 15) is 14.7 Å². The Morgan fingerprint density at radius 2 is 1.78 bits per heavy atom. The van der Waals surface area contributed by atoms with Crippen molar-refractivity contribution >= 4 is 11.8 Å². The highest BCUT2D eigenvalue weighted by molar-refractivity contribution is 5.89. The summed E-state index contributed by atoms with van der Waals surface area (Å²) in [5.41, 5.74) is 4.37. The summed E-state index contributed by atoms with van der Waals surface area (Å²) in [7, 11) is 1.57. The predicted molar refractivity (Wildman–Crippen MR) is 88.6 cm³/mol. The van der Waals surface area contributed by atoms with Crippen LogP contribution in [0.3, 0.4) is 0 Å². The standard InChI is InChI=1S/C19H26O4/c1-11-8-12(2)15(13(3)9-11)10-16(20)18-14(19(21)22)6-5-7-17(18)23-4/h8-9,14,17-18H,5-7,10H2,1-4H3,(H,21,22). The monoisotopic (exact) mass is 318 g/mol. The molecule has 126 valence electrons. The van der Waals surface area contributed by atoms with Gasteiger partial charge in [-0.05, 0) is 56.7 Å². The lowest BCUT2D eigenvalue weighted by molar-refractivity contribution is -0.153. The van der Waals surface area contributed by atoms with Crippen molar-refractivity contribution in [2.45, 2.75) is 52.6 Å². The van der Waals surface area contributed by atoms with Crippen LogP contribution in [0.2, 0.25) is 0 Å². The molecule has 4 nitrogen and oxygen atoms in total. The molecule has 1 aliphatic rings. The first-order valence-corrected chi connectivity index (χ1v) is 8.20. The van der Waals surface area contributed by atoms with Crippen LogP contribution in [0.1, 0.15) is 41.5 Å². The van der Waals surface area contributed by atoms with Gasteiger partial charge in [0.1, 0.15) is 5.78 Å². The number of hydrogen-bond donors (Lipinski definition) is 1. The molecule has 3 unspecified atom stereocenters. The van der Waals surface area contributed by atoms with Gasteiger partial charge in [-0.2, -0.15) is 0 Å². The normalized spacial score (nSPS) is 24.4. The molecule has 1 aliphatic carbocycles. The zero-order chi connectivity index (χ0) is 17.1. The van der Waals surface area contributed by atoms with Crippen LogP contribution in [0, 0.1) is 32.6 Å². The fourth-order valence-electron chi connectivity index (χ4n) is 3.91. The van der Waals surface area contributed by atoms with Crippen molar-refractivity contribution in [3.8, 4) is 0 Å². The van der Waals surface area contributed by atoms with Crippen molar-refractivity contribution in [1.82, 2.24) is 0 Å². The number of benzene rings is 1. The molecule has 0 amide bonds. The van der Waals surface area contributed by atoms with E-state index in [2.05, 4.69) is 12.1 Å². The Morgan fingerprint density at radius 1 is 1.17 bits per heavy atom. The Morgan fingerprint density at radius 3 is 2.30 bits per heavy atom. The highest BCUT2D eigenvalue weighted by atomic mass is 16.5. The van der Waals surface area contributed by atoms with Gasteiger partial charge in [-0.1, -0.05) is 17.7 Å². The molecule has 1 N–H and O–H groups in total. The summed E-state index contributed by atoms with van der Waals surface area (Å²) in [5, 5.41) is 9.47. The molecule has 1 saturated carbocycles. The Kier molecular flexibility index (Phi) is 5.58. The molecule has 0 aliphatic heterocycles. The summed E-state index contributed by atoms with van der Waals surface area (Å²) in [5.74, 6) is -2.08. The van der Waals surface area contributed by atoms with E-state index >= 15 is 0 Å². The average Bonchev–Trinajstić information content (AvgIpc) is 2.49. The number of rotatable bonds is 5. The highest BCUT2D eigenvalue weighted by Crippen LogP contribution is 2.34. The number of methoxy groups -OCH3 is 1. The average molecular weight is 318 g/mol. The van der Waals surface area contributed by atoms with E-state index in [-0.39, 0.29) is 18.3 Å². The zero-order valence-electron chi connectivity index (χ0n) is 14.4. The van der Waals surface area contributed by atoms with Crippen LogP contribution < -0.4 is 0 Å². The second kappa shape index (κ2) is 7.26. The molecule has 1 fully saturated rings. The first kappa shape index (κ1) is 17.7. The van der Waals surface area contributed by atoms with Gasteiger partial charge in [-0.3, -0.25) is 9.59 Å². The molecule has 3 atom stereocenters. The van der Waals surface area contributed by atoms with E-state index < -0.39 is 17.8 Å². The number of carboxylic acids is 1. The number of carboxylic acid groups (broad SMARTS) is 1. The van der Waals surface area contributed by atoms with Crippen molar-refractivity contribution in [2.75, 3.05) is 7.11 Å². The van der Waals surface area contributed by atoms with Crippen molar-refractivity contribution in [1.29, 1.82) is 0 Å². The van der Waals surface area contributed by atoms with E-state index in [4.69, 9.17) is 4.74 Å². The maximum atomic E-state index is 12.9. The molecule has 0 saturated heterocycles. The number of hydrogen-bond acceptors (Lipinski definition) is 3. The minimum Gasteiger partial charge on any atom is -0.481 e. The lowest BCUT2D eigenvalue weighted by Gasteiger charge is -2.34. The second-order valence-corrected chi connectivity index (χ2v) is 6.70. The van der Waals surface area contributed by atoms with E-state index in [0.29, 0.717) is 6.42 Å². The molecule has 0 radical (unpaired) electrons. The molecule has 2 rings (SSSR count). The van der Waals surface area contributed by atoms with Crippen LogP contribution >= 0.6 is 0 Å².